The maximum absolute atomic E-state index is 6.48. The van der Waals surface area contributed by atoms with Crippen LogP contribution in [0.2, 0.25) is 0 Å². The van der Waals surface area contributed by atoms with Crippen molar-refractivity contribution in [2.24, 2.45) is 10.9 Å². The fourth-order valence-corrected chi connectivity index (χ4v) is 4.51. The molecule has 1 aromatic carbocycles. The van der Waals surface area contributed by atoms with Crippen molar-refractivity contribution in [1.82, 2.24) is 10.6 Å². The summed E-state index contributed by atoms with van der Waals surface area (Å²) in [5.74, 6) is 2.50. The minimum Gasteiger partial charge on any atom is -0.487 e. The summed E-state index contributed by atoms with van der Waals surface area (Å²) in [7, 11) is 0. The summed E-state index contributed by atoms with van der Waals surface area (Å²) in [4.78, 5) is 4.85. The first-order chi connectivity index (χ1) is 12.8. The van der Waals surface area contributed by atoms with Gasteiger partial charge in [0.15, 0.2) is 5.96 Å². The number of nitrogens with one attached hydrogen (secondary N) is 2. The summed E-state index contributed by atoms with van der Waals surface area (Å²) in [6.07, 6.45) is 6.99. The summed E-state index contributed by atoms with van der Waals surface area (Å²) in [6, 6.07) is 8.72. The lowest BCUT2D eigenvalue weighted by Gasteiger charge is -2.40. The molecule has 2 fully saturated rings. The molecule has 1 spiro atoms. The van der Waals surface area contributed by atoms with E-state index in [2.05, 4.69) is 41.8 Å². The van der Waals surface area contributed by atoms with Crippen LogP contribution in [0.1, 0.15) is 57.1 Å². The number of rotatable bonds is 4. The van der Waals surface area contributed by atoms with Crippen LogP contribution in [0.4, 0.5) is 0 Å². The number of halogens is 1. The zero-order chi connectivity index (χ0) is 17.8. The second kappa shape index (κ2) is 9.45. The van der Waals surface area contributed by atoms with E-state index in [1.807, 2.05) is 0 Å². The van der Waals surface area contributed by atoms with E-state index in [1.54, 1.807) is 0 Å². The molecule has 5 nitrogen and oxygen atoms in total. The van der Waals surface area contributed by atoms with Crippen molar-refractivity contribution in [3.05, 3.63) is 29.8 Å². The van der Waals surface area contributed by atoms with Crippen LogP contribution in [0, 0.1) is 5.92 Å². The third-order valence-corrected chi connectivity index (χ3v) is 5.90. The van der Waals surface area contributed by atoms with Crippen molar-refractivity contribution >= 4 is 29.9 Å². The van der Waals surface area contributed by atoms with Gasteiger partial charge < -0.3 is 20.1 Å². The molecule has 1 saturated carbocycles. The molecule has 1 saturated heterocycles. The van der Waals surface area contributed by atoms with Gasteiger partial charge in [-0.3, -0.25) is 4.99 Å². The molecule has 0 aromatic heterocycles. The van der Waals surface area contributed by atoms with Crippen LogP contribution in [0.5, 0.6) is 5.75 Å². The number of nitrogens with zero attached hydrogens (tertiary/aromatic N) is 1. The molecule has 1 aromatic rings. The highest BCUT2D eigenvalue weighted by Crippen LogP contribution is 2.46. The molecular formula is C21H32IN3O2. The van der Waals surface area contributed by atoms with Gasteiger partial charge in [0.1, 0.15) is 11.4 Å². The Bertz CT molecular complexity index is 640. The average Bonchev–Trinajstić information content (AvgIpc) is 3.32. The van der Waals surface area contributed by atoms with E-state index >= 15 is 0 Å². The van der Waals surface area contributed by atoms with Gasteiger partial charge in [0.05, 0.1) is 12.6 Å². The summed E-state index contributed by atoms with van der Waals surface area (Å²) in [6.45, 7) is 5.52. The van der Waals surface area contributed by atoms with Gasteiger partial charge in [-0.15, -0.1) is 24.0 Å². The van der Waals surface area contributed by atoms with E-state index in [-0.39, 0.29) is 35.6 Å². The number of para-hydroxylation sites is 1. The van der Waals surface area contributed by atoms with Crippen molar-refractivity contribution in [3.63, 3.8) is 0 Å². The highest BCUT2D eigenvalue weighted by molar-refractivity contribution is 14.0. The van der Waals surface area contributed by atoms with Crippen molar-refractivity contribution in [2.45, 2.75) is 57.1 Å². The van der Waals surface area contributed by atoms with E-state index in [1.165, 1.54) is 18.4 Å². The normalized spacial score (nSPS) is 26.2. The topological polar surface area (TPSA) is 54.9 Å². The first-order valence-electron chi connectivity index (χ1n) is 10.2. The van der Waals surface area contributed by atoms with E-state index in [4.69, 9.17) is 14.5 Å². The van der Waals surface area contributed by atoms with E-state index < -0.39 is 0 Å². The maximum Gasteiger partial charge on any atom is 0.191 e. The Labute approximate surface area is 179 Å². The standard InChI is InChI=1S/C21H31N3O2.HI/c1-2-22-20(23-14-16-9-12-25-15-16)24-18-13-21(10-5-6-11-21)26-19-8-4-3-7-17(18)19;/h3-4,7-8,16,18H,2,5-6,9-15H2,1H3,(H2,22,23,24);1H. The zero-order valence-electron chi connectivity index (χ0n) is 16.2. The molecule has 6 heteroatoms. The number of hydrogen-bond donors (Lipinski definition) is 2. The molecule has 0 radical (unpaired) electrons. The number of ether oxygens (including phenoxy) is 2. The zero-order valence-corrected chi connectivity index (χ0v) is 18.5. The van der Waals surface area contributed by atoms with Gasteiger partial charge in [0.2, 0.25) is 0 Å². The molecule has 3 aliphatic rings. The van der Waals surface area contributed by atoms with Crippen LogP contribution in [0.3, 0.4) is 0 Å². The lowest BCUT2D eigenvalue weighted by Crippen LogP contribution is -2.46. The van der Waals surface area contributed by atoms with Gasteiger partial charge >= 0.3 is 0 Å². The van der Waals surface area contributed by atoms with Crippen molar-refractivity contribution in [2.75, 3.05) is 26.3 Å². The third kappa shape index (κ3) is 4.88. The molecule has 0 bridgehead atoms. The maximum atomic E-state index is 6.48. The van der Waals surface area contributed by atoms with E-state index in [0.29, 0.717) is 5.92 Å². The molecule has 0 amide bonds. The molecular weight excluding hydrogens is 453 g/mol. The number of fused-ring (bicyclic) bond motifs is 1. The average molecular weight is 485 g/mol. The highest BCUT2D eigenvalue weighted by atomic mass is 127. The Balaban J connectivity index is 0.00000210. The Kier molecular flexibility index (Phi) is 7.25. The van der Waals surface area contributed by atoms with Gasteiger partial charge in [-0.05, 0) is 45.1 Å². The van der Waals surface area contributed by atoms with Gasteiger partial charge in [-0.25, -0.2) is 0 Å². The smallest absolute Gasteiger partial charge is 0.191 e. The van der Waals surface area contributed by atoms with E-state index in [0.717, 1.165) is 63.7 Å². The van der Waals surface area contributed by atoms with Gasteiger partial charge in [-0.2, -0.15) is 0 Å². The Morgan fingerprint density at radius 2 is 2.07 bits per heavy atom. The van der Waals surface area contributed by atoms with Crippen LogP contribution in [0.25, 0.3) is 0 Å². The van der Waals surface area contributed by atoms with Gasteiger partial charge in [0.25, 0.3) is 0 Å². The molecule has 2 heterocycles. The molecule has 4 rings (SSSR count). The minimum absolute atomic E-state index is 0. The van der Waals surface area contributed by atoms with E-state index in [9.17, 15) is 0 Å². The van der Waals surface area contributed by atoms with Gasteiger partial charge in [-0.1, -0.05) is 18.2 Å². The lowest BCUT2D eigenvalue weighted by molar-refractivity contribution is 0.0396. The van der Waals surface area contributed by atoms with Crippen LogP contribution in [-0.4, -0.2) is 37.9 Å². The fraction of sp³-hybridized carbons (Fsp3) is 0.667. The summed E-state index contributed by atoms with van der Waals surface area (Å²) >= 11 is 0. The Hall–Kier alpha value is -1.02. The van der Waals surface area contributed by atoms with Crippen molar-refractivity contribution in [1.29, 1.82) is 0 Å². The summed E-state index contributed by atoms with van der Waals surface area (Å²) in [5.41, 5.74) is 1.25. The quantitative estimate of drug-likeness (QED) is 0.384. The molecule has 2 N–H and O–H groups in total. The monoisotopic (exact) mass is 485 g/mol. The molecule has 150 valence electrons. The molecule has 1 aliphatic carbocycles. The molecule has 27 heavy (non-hydrogen) atoms. The third-order valence-electron chi connectivity index (χ3n) is 5.90. The number of guanidine groups is 1. The Morgan fingerprint density at radius 3 is 2.81 bits per heavy atom. The van der Waals surface area contributed by atoms with Crippen LogP contribution >= 0.6 is 24.0 Å². The van der Waals surface area contributed by atoms with Crippen molar-refractivity contribution in [3.8, 4) is 5.75 Å². The number of benzene rings is 1. The van der Waals surface area contributed by atoms with Crippen molar-refractivity contribution < 1.29 is 9.47 Å². The second-order valence-electron chi connectivity index (χ2n) is 7.88. The first kappa shape index (κ1) is 20.7. The number of hydrogen-bond acceptors (Lipinski definition) is 3. The predicted molar refractivity (Wildman–Crippen MR) is 119 cm³/mol. The SMILES string of the molecule is CCNC(=NCC1CCOC1)NC1CC2(CCCC2)Oc2ccccc21.I. The van der Waals surface area contributed by atoms with Crippen LogP contribution in [-0.2, 0) is 4.74 Å². The fourth-order valence-electron chi connectivity index (χ4n) is 4.51. The largest absolute Gasteiger partial charge is 0.487 e. The second-order valence-corrected chi connectivity index (χ2v) is 7.88. The van der Waals surface area contributed by atoms with Gasteiger partial charge in [0, 0.05) is 37.6 Å². The molecule has 2 aliphatic heterocycles. The summed E-state index contributed by atoms with van der Waals surface area (Å²) < 4.78 is 12.0. The number of aliphatic imine (C=N–C) groups is 1. The van der Waals surface area contributed by atoms with Crippen LogP contribution < -0.4 is 15.4 Å². The summed E-state index contributed by atoms with van der Waals surface area (Å²) in [5, 5.41) is 7.13. The predicted octanol–water partition coefficient (Wildman–Crippen LogP) is 4.03. The minimum atomic E-state index is 0. The Morgan fingerprint density at radius 1 is 1.26 bits per heavy atom. The lowest BCUT2D eigenvalue weighted by atomic mass is 9.86. The van der Waals surface area contributed by atoms with Crippen LogP contribution in [0.15, 0.2) is 29.3 Å². The first-order valence-corrected chi connectivity index (χ1v) is 10.2. The molecule has 2 unspecified atom stereocenters. The molecule has 2 atom stereocenters. The highest BCUT2D eigenvalue weighted by Gasteiger charge is 2.43.